The number of nitrogens with zero attached hydrogens (tertiary/aromatic N) is 5. The summed E-state index contributed by atoms with van der Waals surface area (Å²) in [5.41, 5.74) is 1.20. The van der Waals surface area contributed by atoms with Crippen molar-refractivity contribution in [3.8, 4) is 11.4 Å². The summed E-state index contributed by atoms with van der Waals surface area (Å²) in [5, 5.41) is 7.20. The number of hydrogen-bond donors (Lipinski definition) is 1. The van der Waals surface area contributed by atoms with Crippen LogP contribution in [0.3, 0.4) is 0 Å². The lowest BCUT2D eigenvalue weighted by Gasteiger charge is -2.15. The van der Waals surface area contributed by atoms with E-state index in [1.165, 1.54) is 10.7 Å². The molecule has 0 aliphatic carbocycles. The predicted molar refractivity (Wildman–Crippen MR) is 115 cm³/mol. The van der Waals surface area contributed by atoms with Crippen molar-refractivity contribution < 1.29 is 9.18 Å². The number of imidazole rings is 1. The Balaban J connectivity index is 1.61. The van der Waals surface area contributed by atoms with Crippen molar-refractivity contribution in [1.82, 2.24) is 29.6 Å². The number of carbonyl (C=O) groups excluding carboxylic acids is 1. The van der Waals surface area contributed by atoms with Gasteiger partial charge in [0.05, 0.1) is 6.04 Å². The molecule has 8 heteroatoms. The molecule has 0 bridgehead atoms. The van der Waals surface area contributed by atoms with Gasteiger partial charge in [-0.1, -0.05) is 44.2 Å². The van der Waals surface area contributed by atoms with E-state index in [-0.39, 0.29) is 17.4 Å². The third kappa shape index (κ3) is 4.09. The summed E-state index contributed by atoms with van der Waals surface area (Å²) < 4.78 is 17.6. The minimum absolute atomic E-state index is 0.0170. The maximum Gasteiger partial charge on any atom is 0.291 e. The lowest BCUT2D eigenvalue weighted by molar-refractivity contribution is 0.0927. The molecule has 4 aromatic rings. The molecule has 0 aliphatic rings. The van der Waals surface area contributed by atoms with Gasteiger partial charge in [-0.3, -0.25) is 4.79 Å². The molecule has 0 saturated heterocycles. The second-order valence-electron chi connectivity index (χ2n) is 7.50. The van der Waals surface area contributed by atoms with Crippen LogP contribution in [-0.2, 0) is 0 Å². The normalized spacial score (nSPS) is 12.2. The van der Waals surface area contributed by atoms with E-state index in [0.717, 1.165) is 5.69 Å². The average molecular weight is 418 g/mol. The Morgan fingerprint density at radius 2 is 1.71 bits per heavy atom. The van der Waals surface area contributed by atoms with E-state index >= 15 is 0 Å². The summed E-state index contributed by atoms with van der Waals surface area (Å²) in [6.07, 6.45) is 3.53. The van der Waals surface area contributed by atoms with Crippen molar-refractivity contribution >= 4 is 5.91 Å². The molecule has 4 rings (SSSR count). The molecular formula is C23H23FN6O. The first kappa shape index (κ1) is 20.5. The van der Waals surface area contributed by atoms with Gasteiger partial charge in [0.15, 0.2) is 0 Å². The maximum absolute atomic E-state index is 14.3. The van der Waals surface area contributed by atoms with E-state index in [2.05, 4.69) is 20.4 Å². The number of carbonyl (C=O) groups is 1. The van der Waals surface area contributed by atoms with Crippen molar-refractivity contribution in [2.24, 2.45) is 0 Å². The first-order chi connectivity index (χ1) is 15.0. The van der Waals surface area contributed by atoms with Crippen molar-refractivity contribution in [3.63, 3.8) is 0 Å². The molecule has 0 aliphatic heterocycles. The number of halogens is 1. The fourth-order valence-corrected chi connectivity index (χ4v) is 3.36. The van der Waals surface area contributed by atoms with Crippen LogP contribution in [0.25, 0.3) is 11.4 Å². The van der Waals surface area contributed by atoms with Gasteiger partial charge >= 0.3 is 0 Å². The zero-order valence-electron chi connectivity index (χ0n) is 17.5. The Morgan fingerprint density at radius 3 is 2.42 bits per heavy atom. The zero-order valence-corrected chi connectivity index (χ0v) is 17.5. The number of amides is 1. The SMILES string of the molecule is CC(C)c1nc(C(=O)NC(C)c2nccn2-c2ccccc2)nn1-c1ccccc1F. The van der Waals surface area contributed by atoms with Crippen LogP contribution < -0.4 is 5.32 Å². The summed E-state index contributed by atoms with van der Waals surface area (Å²) in [7, 11) is 0. The lowest BCUT2D eigenvalue weighted by atomic mass is 10.2. The summed E-state index contributed by atoms with van der Waals surface area (Å²) in [4.78, 5) is 21.7. The van der Waals surface area contributed by atoms with Gasteiger partial charge in [-0.05, 0) is 31.2 Å². The second kappa shape index (κ2) is 8.51. The van der Waals surface area contributed by atoms with Gasteiger partial charge in [0.2, 0.25) is 5.82 Å². The number of benzene rings is 2. The molecule has 2 aromatic heterocycles. The standard InChI is InChI=1S/C23H23FN6O/c1-15(2)21-27-20(28-30(21)19-12-8-7-11-18(19)24)23(31)26-16(3)22-25-13-14-29(22)17-9-5-4-6-10-17/h4-16H,1-3H3,(H,26,31). The Hall–Kier alpha value is -3.81. The average Bonchev–Trinajstić information content (AvgIpc) is 3.42. The van der Waals surface area contributed by atoms with Gasteiger partial charge in [0, 0.05) is 24.0 Å². The van der Waals surface area contributed by atoms with Crippen molar-refractivity contribution in [2.75, 3.05) is 0 Å². The molecular weight excluding hydrogens is 395 g/mol. The highest BCUT2D eigenvalue weighted by Gasteiger charge is 2.23. The molecule has 1 N–H and O–H groups in total. The quantitative estimate of drug-likeness (QED) is 0.509. The Kier molecular flexibility index (Phi) is 5.62. The lowest BCUT2D eigenvalue weighted by Crippen LogP contribution is -2.29. The molecule has 1 atom stereocenters. The highest BCUT2D eigenvalue weighted by atomic mass is 19.1. The van der Waals surface area contributed by atoms with E-state index in [1.807, 2.05) is 61.9 Å². The second-order valence-corrected chi connectivity index (χ2v) is 7.50. The van der Waals surface area contributed by atoms with E-state index in [1.54, 1.807) is 24.4 Å². The molecule has 1 unspecified atom stereocenters. The summed E-state index contributed by atoms with van der Waals surface area (Å²) in [6, 6.07) is 15.6. The summed E-state index contributed by atoms with van der Waals surface area (Å²) in [5.74, 6) is 0.233. The van der Waals surface area contributed by atoms with Crippen LogP contribution in [0.15, 0.2) is 67.0 Å². The minimum atomic E-state index is -0.452. The molecule has 0 radical (unpaired) electrons. The minimum Gasteiger partial charge on any atom is -0.340 e. The van der Waals surface area contributed by atoms with Crippen LogP contribution in [0.2, 0.25) is 0 Å². The maximum atomic E-state index is 14.3. The smallest absolute Gasteiger partial charge is 0.291 e. The fourth-order valence-electron chi connectivity index (χ4n) is 3.36. The Labute approximate surface area is 179 Å². The monoisotopic (exact) mass is 418 g/mol. The van der Waals surface area contributed by atoms with Crippen LogP contribution in [0.4, 0.5) is 4.39 Å². The van der Waals surface area contributed by atoms with Crippen LogP contribution in [0, 0.1) is 5.82 Å². The van der Waals surface area contributed by atoms with Crippen LogP contribution in [-0.4, -0.2) is 30.2 Å². The molecule has 0 saturated carbocycles. The molecule has 2 aromatic carbocycles. The number of aromatic nitrogens is 5. The van der Waals surface area contributed by atoms with Crippen LogP contribution >= 0.6 is 0 Å². The molecule has 0 spiro atoms. The van der Waals surface area contributed by atoms with Crippen LogP contribution in [0.5, 0.6) is 0 Å². The highest BCUT2D eigenvalue weighted by molar-refractivity contribution is 5.90. The largest absolute Gasteiger partial charge is 0.340 e. The van der Waals surface area contributed by atoms with E-state index in [0.29, 0.717) is 11.6 Å². The van der Waals surface area contributed by atoms with Gasteiger partial charge in [-0.2, -0.15) is 0 Å². The molecule has 0 fully saturated rings. The number of hydrogen-bond acceptors (Lipinski definition) is 4. The molecule has 158 valence electrons. The number of nitrogens with one attached hydrogen (secondary N) is 1. The number of para-hydroxylation sites is 2. The van der Waals surface area contributed by atoms with E-state index < -0.39 is 17.8 Å². The van der Waals surface area contributed by atoms with E-state index in [4.69, 9.17) is 0 Å². The number of rotatable bonds is 6. The fraction of sp³-hybridized carbons (Fsp3) is 0.217. The topological polar surface area (TPSA) is 77.6 Å². The van der Waals surface area contributed by atoms with Gasteiger partial charge in [-0.15, -0.1) is 5.10 Å². The molecule has 31 heavy (non-hydrogen) atoms. The van der Waals surface area contributed by atoms with Gasteiger partial charge in [0.1, 0.15) is 23.2 Å². The highest BCUT2D eigenvalue weighted by Crippen LogP contribution is 2.21. The van der Waals surface area contributed by atoms with Gasteiger partial charge in [0.25, 0.3) is 5.91 Å². The van der Waals surface area contributed by atoms with Crippen molar-refractivity contribution in [1.29, 1.82) is 0 Å². The predicted octanol–water partition coefficient (Wildman–Crippen LogP) is 4.21. The Morgan fingerprint density at radius 1 is 1.00 bits per heavy atom. The first-order valence-corrected chi connectivity index (χ1v) is 10.1. The zero-order chi connectivity index (χ0) is 22.0. The molecule has 2 heterocycles. The molecule has 7 nitrogen and oxygen atoms in total. The summed E-state index contributed by atoms with van der Waals surface area (Å²) >= 11 is 0. The van der Waals surface area contributed by atoms with Crippen LogP contribution in [0.1, 0.15) is 55.0 Å². The van der Waals surface area contributed by atoms with Crippen molar-refractivity contribution in [3.05, 3.63) is 90.3 Å². The summed E-state index contributed by atoms with van der Waals surface area (Å²) in [6.45, 7) is 5.68. The van der Waals surface area contributed by atoms with Gasteiger partial charge in [-0.25, -0.2) is 19.0 Å². The Bertz CT molecular complexity index is 1200. The van der Waals surface area contributed by atoms with Gasteiger partial charge < -0.3 is 9.88 Å². The van der Waals surface area contributed by atoms with Crippen molar-refractivity contribution in [2.45, 2.75) is 32.7 Å². The molecule has 1 amide bonds. The van der Waals surface area contributed by atoms with E-state index in [9.17, 15) is 9.18 Å². The first-order valence-electron chi connectivity index (χ1n) is 10.1. The third-order valence-corrected chi connectivity index (χ3v) is 4.87. The third-order valence-electron chi connectivity index (χ3n) is 4.87.